The molecule has 0 aliphatic heterocycles. The molecule has 0 N–H and O–H groups in total. The van der Waals surface area contributed by atoms with Gasteiger partial charge in [0.2, 0.25) is 0 Å². The molecule has 0 spiro atoms. The highest BCUT2D eigenvalue weighted by Crippen LogP contribution is 2.29. The maximum absolute atomic E-state index is 10.7. The summed E-state index contributed by atoms with van der Waals surface area (Å²) in [7, 11) is 3.46. The Balaban J connectivity index is 2.61. The van der Waals surface area contributed by atoms with Gasteiger partial charge in [-0.1, -0.05) is 0 Å². The van der Waals surface area contributed by atoms with Crippen LogP contribution in [0.4, 0.5) is 0 Å². The molecule has 0 saturated carbocycles. The summed E-state index contributed by atoms with van der Waals surface area (Å²) >= 11 is 0. The molecule has 0 aliphatic rings. The Morgan fingerprint density at radius 3 is 2.75 bits per heavy atom. The largest absolute Gasteiger partial charge is 0.496 e. The molecule has 4 nitrogen and oxygen atoms in total. The number of ether oxygens (including phenoxy) is 1. The van der Waals surface area contributed by atoms with Gasteiger partial charge in [-0.2, -0.15) is 5.10 Å². The number of methoxy groups -OCH3 is 1. The summed E-state index contributed by atoms with van der Waals surface area (Å²) in [4.78, 5) is 10.7. The van der Waals surface area contributed by atoms with Crippen LogP contribution in [0.2, 0.25) is 0 Å². The number of benzene rings is 1. The van der Waals surface area contributed by atoms with Crippen LogP contribution < -0.4 is 4.74 Å². The molecule has 2 aromatic rings. The lowest BCUT2D eigenvalue weighted by Crippen LogP contribution is -1.96. The Labute approximate surface area is 93.5 Å². The number of hydrogen-bond donors (Lipinski definition) is 0. The fourth-order valence-corrected chi connectivity index (χ4v) is 1.64. The summed E-state index contributed by atoms with van der Waals surface area (Å²) in [6.07, 6.45) is 2.53. The Hall–Kier alpha value is -2.10. The van der Waals surface area contributed by atoms with Crippen LogP contribution in [-0.4, -0.2) is 23.2 Å². The third-order valence-corrected chi connectivity index (χ3v) is 2.46. The lowest BCUT2D eigenvalue weighted by atomic mass is 10.1. The molecule has 82 valence electrons. The van der Waals surface area contributed by atoms with Crippen LogP contribution in [0.5, 0.6) is 5.75 Å². The number of aldehydes is 1. The molecule has 0 fully saturated rings. The van der Waals surface area contributed by atoms with Crippen molar-refractivity contribution in [3.63, 3.8) is 0 Å². The van der Waals surface area contributed by atoms with E-state index in [2.05, 4.69) is 5.10 Å². The van der Waals surface area contributed by atoms with Crippen molar-refractivity contribution in [2.75, 3.05) is 7.11 Å². The molecule has 0 amide bonds. The lowest BCUT2D eigenvalue weighted by molar-refractivity contribution is 0.112. The minimum absolute atomic E-state index is 0.622. The molecule has 1 aromatic carbocycles. The minimum Gasteiger partial charge on any atom is -0.496 e. The van der Waals surface area contributed by atoms with E-state index in [0.717, 1.165) is 23.3 Å². The van der Waals surface area contributed by atoms with E-state index in [0.29, 0.717) is 5.56 Å². The van der Waals surface area contributed by atoms with Crippen molar-refractivity contribution in [1.82, 2.24) is 9.78 Å². The zero-order valence-corrected chi connectivity index (χ0v) is 9.18. The van der Waals surface area contributed by atoms with Gasteiger partial charge < -0.3 is 4.74 Å². The average molecular weight is 216 g/mol. The summed E-state index contributed by atoms with van der Waals surface area (Å²) in [6.45, 7) is 0. The summed E-state index contributed by atoms with van der Waals surface area (Å²) < 4.78 is 7.01. The van der Waals surface area contributed by atoms with E-state index in [4.69, 9.17) is 4.74 Å². The number of aromatic nitrogens is 2. The molecule has 0 radical (unpaired) electrons. The average Bonchev–Trinajstić information content (AvgIpc) is 2.74. The van der Waals surface area contributed by atoms with E-state index in [-0.39, 0.29) is 0 Å². The zero-order valence-electron chi connectivity index (χ0n) is 9.18. The first-order valence-corrected chi connectivity index (χ1v) is 4.88. The number of hydrogen-bond acceptors (Lipinski definition) is 3. The molecule has 0 atom stereocenters. The topological polar surface area (TPSA) is 44.1 Å². The number of aryl methyl sites for hydroxylation is 1. The first kappa shape index (κ1) is 10.4. The number of rotatable bonds is 3. The van der Waals surface area contributed by atoms with Gasteiger partial charge in [-0.3, -0.25) is 9.48 Å². The summed E-state index contributed by atoms with van der Waals surface area (Å²) in [5.41, 5.74) is 2.41. The second-order valence-corrected chi connectivity index (χ2v) is 3.42. The van der Waals surface area contributed by atoms with Crippen molar-refractivity contribution >= 4 is 6.29 Å². The van der Waals surface area contributed by atoms with E-state index < -0.39 is 0 Å². The molecule has 4 heteroatoms. The molecular weight excluding hydrogens is 204 g/mol. The Morgan fingerprint density at radius 2 is 2.19 bits per heavy atom. The van der Waals surface area contributed by atoms with E-state index >= 15 is 0 Å². The van der Waals surface area contributed by atoms with Gasteiger partial charge in [0, 0.05) is 24.4 Å². The number of carbonyl (C=O) groups is 1. The van der Waals surface area contributed by atoms with Crippen LogP contribution in [0, 0.1) is 0 Å². The molecule has 0 unspecified atom stereocenters. The smallest absolute Gasteiger partial charge is 0.150 e. The van der Waals surface area contributed by atoms with Crippen molar-refractivity contribution in [3.05, 3.63) is 36.0 Å². The first-order chi connectivity index (χ1) is 7.76. The van der Waals surface area contributed by atoms with Crippen LogP contribution in [0.3, 0.4) is 0 Å². The van der Waals surface area contributed by atoms with E-state index in [9.17, 15) is 4.79 Å². The van der Waals surface area contributed by atoms with Crippen LogP contribution in [-0.2, 0) is 7.05 Å². The molecule has 2 rings (SSSR count). The van der Waals surface area contributed by atoms with Crippen LogP contribution in [0.1, 0.15) is 10.4 Å². The Morgan fingerprint density at radius 1 is 1.38 bits per heavy atom. The SMILES string of the molecule is COc1ccc(C=O)cc1-c1ccnn1C. The predicted octanol–water partition coefficient (Wildman–Crippen LogP) is 1.91. The zero-order chi connectivity index (χ0) is 11.5. The number of carbonyl (C=O) groups excluding carboxylic acids is 1. The van der Waals surface area contributed by atoms with Crippen LogP contribution in [0.25, 0.3) is 11.3 Å². The quantitative estimate of drug-likeness (QED) is 0.736. The first-order valence-electron chi connectivity index (χ1n) is 4.88. The van der Waals surface area contributed by atoms with Crippen LogP contribution in [0.15, 0.2) is 30.5 Å². The highest BCUT2D eigenvalue weighted by atomic mass is 16.5. The van der Waals surface area contributed by atoms with Crippen LogP contribution >= 0.6 is 0 Å². The van der Waals surface area contributed by atoms with Crippen molar-refractivity contribution in [3.8, 4) is 17.0 Å². The highest BCUT2D eigenvalue weighted by Gasteiger charge is 2.09. The molecular formula is C12H12N2O2. The van der Waals surface area contributed by atoms with Gasteiger partial charge >= 0.3 is 0 Å². The fourth-order valence-electron chi connectivity index (χ4n) is 1.64. The third-order valence-electron chi connectivity index (χ3n) is 2.46. The summed E-state index contributed by atoms with van der Waals surface area (Å²) in [5.74, 6) is 0.731. The Bertz CT molecular complexity index is 517. The minimum atomic E-state index is 0.622. The standard InChI is InChI=1S/C12H12N2O2/c1-14-11(5-6-13-14)10-7-9(8-15)3-4-12(10)16-2/h3-8H,1-2H3. The van der Waals surface area contributed by atoms with Gasteiger partial charge in [0.1, 0.15) is 12.0 Å². The van der Waals surface area contributed by atoms with Crippen molar-refractivity contribution in [2.45, 2.75) is 0 Å². The second-order valence-electron chi connectivity index (χ2n) is 3.42. The van der Waals surface area contributed by atoms with E-state index in [1.54, 1.807) is 36.2 Å². The van der Waals surface area contributed by atoms with E-state index in [1.165, 1.54) is 0 Å². The van der Waals surface area contributed by atoms with Gasteiger partial charge in [0.05, 0.1) is 12.8 Å². The van der Waals surface area contributed by atoms with Crippen molar-refractivity contribution in [2.24, 2.45) is 7.05 Å². The molecule has 0 bridgehead atoms. The highest BCUT2D eigenvalue weighted by molar-refractivity contribution is 5.80. The van der Waals surface area contributed by atoms with Gasteiger partial charge in [0.25, 0.3) is 0 Å². The maximum Gasteiger partial charge on any atom is 0.150 e. The molecule has 0 aliphatic carbocycles. The van der Waals surface area contributed by atoms with E-state index in [1.807, 2.05) is 13.1 Å². The van der Waals surface area contributed by atoms with Gasteiger partial charge in [-0.25, -0.2) is 0 Å². The van der Waals surface area contributed by atoms with Crippen molar-refractivity contribution < 1.29 is 9.53 Å². The van der Waals surface area contributed by atoms with Gasteiger partial charge in [-0.05, 0) is 24.3 Å². The summed E-state index contributed by atoms with van der Waals surface area (Å²) in [5, 5.41) is 4.10. The third kappa shape index (κ3) is 1.69. The molecule has 1 aromatic heterocycles. The summed E-state index contributed by atoms with van der Waals surface area (Å²) in [6, 6.07) is 7.19. The fraction of sp³-hybridized carbons (Fsp3) is 0.167. The predicted molar refractivity (Wildman–Crippen MR) is 60.6 cm³/mol. The van der Waals surface area contributed by atoms with Gasteiger partial charge in [0.15, 0.2) is 0 Å². The monoisotopic (exact) mass is 216 g/mol. The molecule has 1 heterocycles. The number of nitrogens with zero attached hydrogens (tertiary/aromatic N) is 2. The molecule has 0 saturated heterocycles. The molecule has 16 heavy (non-hydrogen) atoms. The maximum atomic E-state index is 10.7. The second kappa shape index (κ2) is 4.18. The van der Waals surface area contributed by atoms with Crippen molar-refractivity contribution in [1.29, 1.82) is 0 Å². The Kier molecular flexibility index (Phi) is 2.72. The normalized spacial score (nSPS) is 10.1. The lowest BCUT2D eigenvalue weighted by Gasteiger charge is -2.09. The van der Waals surface area contributed by atoms with Gasteiger partial charge in [-0.15, -0.1) is 0 Å².